The van der Waals surface area contributed by atoms with Gasteiger partial charge in [0.05, 0.1) is 0 Å². The van der Waals surface area contributed by atoms with Crippen molar-refractivity contribution in [3.63, 3.8) is 0 Å². The molecule has 0 bridgehead atoms. The first kappa shape index (κ1) is 28.7. The van der Waals surface area contributed by atoms with E-state index in [2.05, 4.69) is 0 Å². The molecule has 0 saturated carbocycles. The first-order valence-electron chi connectivity index (χ1n) is 6.31. The van der Waals surface area contributed by atoms with Crippen LogP contribution in [-0.4, -0.2) is 23.6 Å². The Hall–Kier alpha value is -2.34. The maximum atomic E-state index is 14.1. The third kappa shape index (κ3) is 4.79. The van der Waals surface area contributed by atoms with Crippen LogP contribution in [0.1, 0.15) is 0 Å². The van der Waals surface area contributed by atoms with Gasteiger partial charge in [0, 0.05) is 0 Å². The fourth-order valence-corrected chi connectivity index (χ4v) is 1.45. The predicted octanol–water partition coefficient (Wildman–Crippen LogP) is 7.92. The highest BCUT2D eigenvalue weighted by Gasteiger charge is 2.75. The highest BCUT2D eigenvalue weighted by atomic mass is 19.3. The van der Waals surface area contributed by atoms with Crippen LogP contribution in [0.5, 0.6) is 0 Å². The maximum Gasteiger partial charge on any atom is 0.368 e. The summed E-state index contributed by atoms with van der Waals surface area (Å²) in [6, 6.07) is 0. The molecule has 0 aliphatic rings. The third-order valence-corrected chi connectivity index (χ3v) is 2.87. The van der Waals surface area contributed by atoms with Gasteiger partial charge in [-0.2, -0.15) is 79.0 Å². The lowest BCUT2D eigenvalue weighted by atomic mass is 10.0. The van der Waals surface area contributed by atoms with Gasteiger partial charge in [-0.1, -0.05) is 0 Å². The first-order valence-corrected chi connectivity index (χ1v) is 6.31. The normalized spacial score (nSPS) is 16.1. The van der Waals surface area contributed by atoms with E-state index in [1.165, 1.54) is 0 Å². The number of rotatable bonds is 8. The molecule has 19 heteroatoms. The molecule has 180 valence electrons. The number of ether oxygens (including phenoxy) is 1. The topological polar surface area (TPSA) is 9.23 Å². The van der Waals surface area contributed by atoms with Crippen LogP contribution in [0.2, 0.25) is 0 Å². The second kappa shape index (κ2) is 9.03. The van der Waals surface area contributed by atoms with Crippen LogP contribution in [0.25, 0.3) is 0 Å². The van der Waals surface area contributed by atoms with E-state index in [4.69, 9.17) is 0 Å². The SMILES string of the molecule is FC(F)=C(F)C(F)(F)C(F)(OC(F)(C(F)=C(F)F)C(F)(F)C(F)=C(F)F)C(F)=C(F)F. The number of halogens is 18. The zero-order valence-electron chi connectivity index (χ0n) is 13.2. The summed E-state index contributed by atoms with van der Waals surface area (Å²) in [6.45, 7) is 0. The van der Waals surface area contributed by atoms with Crippen molar-refractivity contribution < 1.29 is 83.8 Å². The van der Waals surface area contributed by atoms with Crippen molar-refractivity contribution in [1.82, 2.24) is 0 Å². The summed E-state index contributed by atoms with van der Waals surface area (Å²) >= 11 is 0. The molecule has 2 atom stereocenters. The van der Waals surface area contributed by atoms with Crippen molar-refractivity contribution >= 4 is 0 Å². The molecule has 0 spiro atoms. The van der Waals surface area contributed by atoms with Crippen molar-refractivity contribution in [3.05, 3.63) is 47.6 Å². The minimum Gasteiger partial charge on any atom is -0.286 e. The molecule has 0 N–H and O–H groups in total. The molecule has 0 saturated heterocycles. The van der Waals surface area contributed by atoms with Gasteiger partial charge in [0.1, 0.15) is 0 Å². The average molecular weight is 502 g/mol. The van der Waals surface area contributed by atoms with E-state index in [1.807, 2.05) is 4.74 Å². The smallest absolute Gasteiger partial charge is 0.286 e. The highest BCUT2D eigenvalue weighted by Crippen LogP contribution is 2.56. The molecule has 0 aromatic heterocycles. The molecular formula is C12F18O. The molecule has 0 rings (SSSR count). The number of hydrogen-bond acceptors (Lipinski definition) is 1. The Morgan fingerprint density at radius 2 is 0.548 bits per heavy atom. The maximum absolute atomic E-state index is 14.1. The fourth-order valence-electron chi connectivity index (χ4n) is 1.45. The van der Waals surface area contributed by atoms with Gasteiger partial charge in [0.25, 0.3) is 0 Å². The van der Waals surface area contributed by atoms with Crippen molar-refractivity contribution in [2.24, 2.45) is 0 Å². The minimum atomic E-state index is -7.42. The van der Waals surface area contributed by atoms with Crippen LogP contribution in [0.3, 0.4) is 0 Å². The average Bonchev–Trinajstić information content (AvgIpc) is 2.63. The molecule has 0 radical (unpaired) electrons. The van der Waals surface area contributed by atoms with Gasteiger partial charge in [-0.25, -0.2) is 0 Å². The van der Waals surface area contributed by atoms with E-state index in [9.17, 15) is 79.0 Å². The summed E-state index contributed by atoms with van der Waals surface area (Å²) < 4.78 is 233. The summed E-state index contributed by atoms with van der Waals surface area (Å²) in [5, 5.41) is 0. The second-order valence-corrected chi connectivity index (χ2v) is 4.74. The van der Waals surface area contributed by atoms with Crippen molar-refractivity contribution in [2.75, 3.05) is 0 Å². The van der Waals surface area contributed by atoms with E-state index < -0.39 is 71.2 Å². The van der Waals surface area contributed by atoms with Crippen LogP contribution < -0.4 is 0 Å². The van der Waals surface area contributed by atoms with Crippen LogP contribution in [0.4, 0.5) is 79.0 Å². The minimum absolute atomic E-state index is 1.87. The highest BCUT2D eigenvalue weighted by molar-refractivity contribution is 5.27. The summed E-state index contributed by atoms with van der Waals surface area (Å²) in [4.78, 5) is 0. The molecule has 0 aliphatic heterocycles. The van der Waals surface area contributed by atoms with Crippen molar-refractivity contribution in [2.45, 2.75) is 23.6 Å². The Bertz CT molecular complexity index is 754. The lowest BCUT2D eigenvalue weighted by Crippen LogP contribution is -2.59. The van der Waals surface area contributed by atoms with Crippen molar-refractivity contribution in [3.8, 4) is 0 Å². The van der Waals surface area contributed by atoms with Gasteiger partial charge >= 0.3 is 47.9 Å². The Labute approximate surface area is 156 Å². The van der Waals surface area contributed by atoms with Crippen LogP contribution >= 0.6 is 0 Å². The monoisotopic (exact) mass is 502 g/mol. The predicted molar refractivity (Wildman–Crippen MR) is 60.1 cm³/mol. The molecule has 2 unspecified atom stereocenters. The molecule has 0 fully saturated rings. The summed E-state index contributed by atoms with van der Waals surface area (Å²) in [6.07, 6.45) is -18.0. The molecule has 1 nitrogen and oxygen atoms in total. The van der Waals surface area contributed by atoms with Gasteiger partial charge in [0.15, 0.2) is 0 Å². The second-order valence-electron chi connectivity index (χ2n) is 4.74. The van der Waals surface area contributed by atoms with Gasteiger partial charge < -0.3 is 0 Å². The van der Waals surface area contributed by atoms with Crippen LogP contribution in [0, 0.1) is 0 Å². The molecule has 0 heterocycles. The summed E-state index contributed by atoms with van der Waals surface area (Å²) in [5.41, 5.74) is 0. The Morgan fingerprint density at radius 3 is 0.710 bits per heavy atom. The fraction of sp³-hybridized carbons (Fsp3) is 0.333. The van der Waals surface area contributed by atoms with E-state index in [0.717, 1.165) is 0 Å². The van der Waals surface area contributed by atoms with E-state index in [1.54, 1.807) is 0 Å². The largest absolute Gasteiger partial charge is 0.368 e. The molecule has 0 aromatic rings. The van der Waals surface area contributed by atoms with E-state index >= 15 is 0 Å². The van der Waals surface area contributed by atoms with E-state index in [0.29, 0.717) is 0 Å². The summed E-state index contributed by atoms with van der Waals surface area (Å²) in [5.74, 6) is -48.6. The lowest BCUT2D eigenvalue weighted by molar-refractivity contribution is -0.366. The standard InChI is InChI=1S/C12F18O/c13-1(5(17)18)9(25,26)11(29,3(15)7(21)22)31-12(30,4(16)8(23)24)10(27,28)2(14)6(19)20. The number of hydrogen-bond donors (Lipinski definition) is 0. The molecule has 0 aliphatic carbocycles. The first-order chi connectivity index (χ1) is 13.6. The van der Waals surface area contributed by atoms with Crippen LogP contribution in [-0.2, 0) is 4.74 Å². The Kier molecular flexibility index (Phi) is 8.35. The molecule has 0 amide bonds. The third-order valence-electron chi connectivity index (χ3n) is 2.87. The van der Waals surface area contributed by atoms with E-state index in [-0.39, 0.29) is 0 Å². The molecule has 0 aromatic carbocycles. The van der Waals surface area contributed by atoms with Gasteiger partial charge in [-0.05, 0) is 0 Å². The Balaban J connectivity index is 7.48. The quantitative estimate of drug-likeness (QED) is 0.307. The number of alkyl halides is 6. The van der Waals surface area contributed by atoms with Crippen LogP contribution in [0.15, 0.2) is 47.6 Å². The summed E-state index contributed by atoms with van der Waals surface area (Å²) in [7, 11) is 0. The zero-order chi connectivity index (χ0) is 25.3. The zero-order valence-corrected chi connectivity index (χ0v) is 13.2. The Morgan fingerprint density at radius 1 is 0.355 bits per heavy atom. The van der Waals surface area contributed by atoms with Gasteiger partial charge in [-0.15, -0.1) is 0 Å². The van der Waals surface area contributed by atoms with Gasteiger partial charge in [-0.3, -0.25) is 4.74 Å². The lowest BCUT2D eigenvalue weighted by Gasteiger charge is -2.38. The van der Waals surface area contributed by atoms with Crippen molar-refractivity contribution in [1.29, 1.82) is 0 Å². The molecule has 31 heavy (non-hydrogen) atoms. The van der Waals surface area contributed by atoms with Gasteiger partial charge in [0.2, 0.25) is 23.3 Å². The molecular weight excluding hydrogens is 502 g/mol.